The first-order valence-corrected chi connectivity index (χ1v) is 14.4. The minimum Gasteiger partial charge on any atom is -0.0654 e. The Balaban J connectivity index is 1.23. The molecule has 3 aromatic rings. The Hall–Kier alpha value is -2.52. The summed E-state index contributed by atoms with van der Waals surface area (Å²) in [5, 5.41) is 2.57. The van der Waals surface area contributed by atoms with Crippen LogP contribution in [0.2, 0.25) is 0 Å². The van der Waals surface area contributed by atoms with Crippen molar-refractivity contribution in [2.45, 2.75) is 103 Å². The molecule has 0 radical (unpaired) electrons. The van der Waals surface area contributed by atoms with E-state index in [0.717, 1.165) is 29.4 Å². The molecule has 3 aromatic carbocycles. The molecule has 1 saturated carbocycles. The van der Waals surface area contributed by atoms with E-state index in [2.05, 4.69) is 86.4 Å². The number of unbranched alkanes of at least 4 members (excludes halogenated alkanes) is 6. The molecule has 184 valence electrons. The minimum atomic E-state index is 0.746. The molecular formula is C35H44. The highest BCUT2D eigenvalue weighted by Gasteiger charge is 2.21. The zero-order valence-corrected chi connectivity index (χ0v) is 22.1. The second kappa shape index (κ2) is 13.5. The van der Waals surface area contributed by atoms with Crippen LogP contribution in [0.25, 0.3) is 10.8 Å². The Morgan fingerprint density at radius 2 is 1.26 bits per heavy atom. The molecule has 35 heavy (non-hydrogen) atoms. The number of hydrogen-bond donors (Lipinski definition) is 0. The van der Waals surface area contributed by atoms with E-state index >= 15 is 0 Å². The number of fused-ring (bicyclic) bond motifs is 1. The summed E-state index contributed by atoms with van der Waals surface area (Å²) in [5.41, 5.74) is 5.10. The van der Waals surface area contributed by atoms with Crippen molar-refractivity contribution in [2.24, 2.45) is 5.92 Å². The number of aryl methyl sites for hydroxylation is 1. The van der Waals surface area contributed by atoms with Gasteiger partial charge in [0, 0.05) is 11.1 Å². The lowest BCUT2D eigenvalue weighted by atomic mass is 9.77. The molecule has 4 rings (SSSR count). The predicted molar refractivity (Wildman–Crippen MR) is 153 cm³/mol. The molecule has 0 bridgehead atoms. The lowest BCUT2D eigenvalue weighted by molar-refractivity contribution is 0.302. The van der Waals surface area contributed by atoms with Crippen LogP contribution in [0.5, 0.6) is 0 Å². The third-order valence-corrected chi connectivity index (χ3v) is 8.11. The van der Waals surface area contributed by atoms with Gasteiger partial charge in [-0.3, -0.25) is 0 Å². The maximum atomic E-state index is 3.38. The summed E-state index contributed by atoms with van der Waals surface area (Å²) in [6.45, 7) is 4.50. The van der Waals surface area contributed by atoms with Crippen LogP contribution in [0, 0.1) is 17.8 Å². The van der Waals surface area contributed by atoms with E-state index in [0.29, 0.717) is 0 Å². The highest BCUT2D eigenvalue weighted by atomic mass is 14.3. The van der Waals surface area contributed by atoms with Crippen LogP contribution in [0.15, 0.2) is 60.7 Å². The zero-order chi connectivity index (χ0) is 24.3. The van der Waals surface area contributed by atoms with Gasteiger partial charge in [-0.1, -0.05) is 113 Å². The van der Waals surface area contributed by atoms with E-state index in [-0.39, 0.29) is 0 Å². The summed E-state index contributed by atoms with van der Waals surface area (Å²) < 4.78 is 0. The maximum Gasteiger partial charge on any atom is 0.0255 e. The normalized spacial score (nSPS) is 17.8. The molecular weight excluding hydrogens is 420 g/mol. The van der Waals surface area contributed by atoms with E-state index in [1.807, 2.05) is 0 Å². The fourth-order valence-corrected chi connectivity index (χ4v) is 5.75. The molecule has 1 aliphatic carbocycles. The third-order valence-electron chi connectivity index (χ3n) is 8.11. The largest absolute Gasteiger partial charge is 0.0654 e. The van der Waals surface area contributed by atoms with Gasteiger partial charge in [0.2, 0.25) is 0 Å². The average Bonchev–Trinajstić information content (AvgIpc) is 2.91. The minimum absolute atomic E-state index is 0.746. The lowest BCUT2D eigenvalue weighted by Crippen LogP contribution is -2.13. The van der Waals surface area contributed by atoms with Gasteiger partial charge in [-0.2, -0.15) is 0 Å². The van der Waals surface area contributed by atoms with Gasteiger partial charge in [0.15, 0.2) is 0 Å². The van der Waals surface area contributed by atoms with Crippen molar-refractivity contribution in [3.63, 3.8) is 0 Å². The molecule has 0 spiro atoms. The Labute approximate surface area is 214 Å². The van der Waals surface area contributed by atoms with Gasteiger partial charge in [0.1, 0.15) is 0 Å². The molecule has 0 atom stereocenters. The van der Waals surface area contributed by atoms with Crippen LogP contribution in [0.4, 0.5) is 0 Å². The van der Waals surface area contributed by atoms with E-state index in [9.17, 15) is 0 Å². The Morgan fingerprint density at radius 1 is 0.629 bits per heavy atom. The Bertz CT molecular complexity index is 1100. The molecule has 0 saturated heterocycles. The first-order chi connectivity index (χ1) is 17.2. The molecule has 1 fully saturated rings. The quantitative estimate of drug-likeness (QED) is 0.207. The zero-order valence-electron chi connectivity index (χ0n) is 22.1. The summed E-state index contributed by atoms with van der Waals surface area (Å²) in [4.78, 5) is 0. The van der Waals surface area contributed by atoms with Crippen LogP contribution < -0.4 is 0 Å². The molecule has 0 N–H and O–H groups in total. The fourth-order valence-electron chi connectivity index (χ4n) is 5.75. The monoisotopic (exact) mass is 464 g/mol. The van der Waals surface area contributed by atoms with Crippen molar-refractivity contribution in [1.82, 2.24) is 0 Å². The van der Waals surface area contributed by atoms with Crippen molar-refractivity contribution in [1.29, 1.82) is 0 Å². The first-order valence-electron chi connectivity index (χ1n) is 14.4. The van der Waals surface area contributed by atoms with Crippen LogP contribution in [0.1, 0.15) is 119 Å². The predicted octanol–water partition coefficient (Wildman–Crippen LogP) is 10.2. The van der Waals surface area contributed by atoms with Gasteiger partial charge in [0.05, 0.1) is 0 Å². The van der Waals surface area contributed by atoms with Crippen molar-refractivity contribution in [2.75, 3.05) is 0 Å². The first kappa shape index (κ1) is 25.6. The molecule has 0 amide bonds. The molecule has 0 heteroatoms. The summed E-state index contributed by atoms with van der Waals surface area (Å²) in [6, 6.07) is 22.4. The highest BCUT2D eigenvalue weighted by molar-refractivity contribution is 5.84. The molecule has 0 unspecified atom stereocenters. The van der Waals surface area contributed by atoms with Crippen LogP contribution >= 0.6 is 0 Å². The third kappa shape index (κ3) is 7.73. The van der Waals surface area contributed by atoms with E-state index in [1.165, 1.54) is 98.9 Å². The fraction of sp³-hybridized carbons (Fsp3) is 0.486. The van der Waals surface area contributed by atoms with Gasteiger partial charge in [-0.15, -0.1) is 0 Å². The van der Waals surface area contributed by atoms with Crippen LogP contribution in [0.3, 0.4) is 0 Å². The highest BCUT2D eigenvalue weighted by Crippen LogP contribution is 2.37. The number of benzene rings is 3. The van der Waals surface area contributed by atoms with Gasteiger partial charge in [0.25, 0.3) is 0 Å². The van der Waals surface area contributed by atoms with Gasteiger partial charge < -0.3 is 0 Å². The summed E-state index contributed by atoms with van der Waals surface area (Å²) >= 11 is 0. The number of hydrogen-bond acceptors (Lipinski definition) is 0. The van der Waals surface area contributed by atoms with Crippen LogP contribution in [-0.2, 0) is 6.42 Å². The van der Waals surface area contributed by atoms with Gasteiger partial charge >= 0.3 is 0 Å². The van der Waals surface area contributed by atoms with E-state index in [4.69, 9.17) is 0 Å². The molecule has 0 nitrogen and oxygen atoms in total. The second-order valence-electron chi connectivity index (χ2n) is 10.7. The molecule has 0 heterocycles. The number of rotatable bonds is 10. The van der Waals surface area contributed by atoms with Crippen molar-refractivity contribution in [3.8, 4) is 11.8 Å². The smallest absolute Gasteiger partial charge is 0.0255 e. The molecule has 0 aromatic heterocycles. The van der Waals surface area contributed by atoms with Crippen molar-refractivity contribution >= 4 is 10.8 Å². The van der Waals surface area contributed by atoms with Gasteiger partial charge in [-0.05, 0) is 90.1 Å². The summed E-state index contributed by atoms with van der Waals surface area (Å²) in [6.07, 6.45) is 18.1. The Kier molecular flexibility index (Phi) is 9.89. The van der Waals surface area contributed by atoms with Crippen LogP contribution in [-0.4, -0.2) is 0 Å². The SMILES string of the molecule is CCCCCCCCCC1CCC(c2ccc(C#Cc3ccc4cc(CC)ccc4c3)cc2)CC1. The molecule has 0 aliphatic heterocycles. The second-order valence-corrected chi connectivity index (χ2v) is 10.7. The lowest BCUT2D eigenvalue weighted by Gasteiger charge is -2.29. The van der Waals surface area contributed by atoms with Crippen molar-refractivity contribution < 1.29 is 0 Å². The topological polar surface area (TPSA) is 0 Å². The maximum absolute atomic E-state index is 3.38. The standard InChI is InChI=1S/C35H44/c1-3-5-6-7-8-9-10-11-29-15-20-32(21-16-29)33-22-17-30(18-23-33)12-13-31-19-25-34-26-28(4-2)14-24-35(34)27-31/h14,17-19,22-27,29,32H,3-11,15-16,20-21H2,1-2H3. The summed E-state index contributed by atoms with van der Waals surface area (Å²) in [7, 11) is 0. The Morgan fingerprint density at radius 3 is 2.00 bits per heavy atom. The van der Waals surface area contributed by atoms with E-state index in [1.54, 1.807) is 0 Å². The average molecular weight is 465 g/mol. The summed E-state index contributed by atoms with van der Waals surface area (Å²) in [5.74, 6) is 8.48. The van der Waals surface area contributed by atoms with Gasteiger partial charge in [-0.25, -0.2) is 0 Å². The van der Waals surface area contributed by atoms with Crippen molar-refractivity contribution in [3.05, 3.63) is 82.9 Å². The molecule has 1 aliphatic rings. The van der Waals surface area contributed by atoms with E-state index < -0.39 is 0 Å².